The van der Waals surface area contributed by atoms with E-state index in [2.05, 4.69) is 10.2 Å². The van der Waals surface area contributed by atoms with Crippen molar-refractivity contribution in [3.8, 4) is 0 Å². The van der Waals surface area contributed by atoms with Crippen molar-refractivity contribution in [2.45, 2.75) is 6.92 Å². The lowest BCUT2D eigenvalue weighted by Crippen LogP contribution is -2.02. The van der Waals surface area contributed by atoms with Crippen LogP contribution in [0.4, 0.5) is 5.69 Å². The summed E-state index contributed by atoms with van der Waals surface area (Å²) in [7, 11) is 0. The Hall–Kier alpha value is -2.06. The fourth-order valence-corrected chi connectivity index (χ4v) is 1.71. The van der Waals surface area contributed by atoms with Crippen molar-refractivity contribution in [3.05, 3.63) is 30.0 Å². The van der Waals surface area contributed by atoms with Crippen molar-refractivity contribution in [3.63, 3.8) is 0 Å². The molecule has 0 aliphatic carbocycles. The molecule has 7 nitrogen and oxygen atoms in total. The predicted molar refractivity (Wildman–Crippen MR) is 70.5 cm³/mol. The molecule has 0 N–H and O–H groups in total. The van der Waals surface area contributed by atoms with Gasteiger partial charge in [0.15, 0.2) is 0 Å². The van der Waals surface area contributed by atoms with E-state index in [1.807, 2.05) is 0 Å². The van der Waals surface area contributed by atoms with Gasteiger partial charge in [0, 0.05) is 5.39 Å². The Balaban J connectivity index is 2.23. The number of rotatable bonds is 5. The lowest BCUT2D eigenvalue weighted by Gasteiger charge is -1.97. The van der Waals surface area contributed by atoms with Gasteiger partial charge in [-0.3, -0.25) is 4.21 Å². The van der Waals surface area contributed by atoms with Crippen molar-refractivity contribution < 1.29 is 22.7 Å². The number of carbonyl (C=O) groups excluding carboxylic acids is 1. The van der Waals surface area contributed by atoms with Gasteiger partial charge >= 0.3 is 5.97 Å². The molecule has 0 aliphatic rings. The molecule has 1 heterocycles. The summed E-state index contributed by atoms with van der Waals surface area (Å²) in [6, 6.07) is 6.41. The van der Waals surface area contributed by atoms with Crippen LogP contribution in [-0.2, 0) is 15.8 Å². The van der Waals surface area contributed by atoms with Crippen LogP contribution in [0.5, 0.6) is 0 Å². The van der Waals surface area contributed by atoms with E-state index >= 15 is 0 Å². The van der Waals surface area contributed by atoms with Crippen LogP contribution in [0.3, 0.4) is 0 Å². The third kappa shape index (κ3) is 3.49. The van der Waals surface area contributed by atoms with E-state index in [0.29, 0.717) is 16.7 Å². The number of benzene rings is 1. The Labute approximate surface area is 116 Å². The van der Waals surface area contributed by atoms with Crippen LogP contribution in [-0.4, -0.2) is 27.2 Å². The molecule has 2 aromatic rings. The number of furan rings is 1. The van der Waals surface area contributed by atoms with Gasteiger partial charge in [0.05, 0.1) is 12.3 Å². The second-order valence-electron chi connectivity index (χ2n) is 3.73. The Bertz CT molecular complexity index is 680. The molecule has 8 heteroatoms. The van der Waals surface area contributed by atoms with E-state index in [9.17, 15) is 13.6 Å². The number of hydrogen-bond donors (Lipinski definition) is 0. The van der Waals surface area contributed by atoms with E-state index in [-0.39, 0.29) is 12.4 Å². The third-order valence-corrected chi connectivity index (χ3v) is 2.65. The fraction of sp³-hybridized carbons (Fsp3) is 0.250. The van der Waals surface area contributed by atoms with Crippen LogP contribution in [0.15, 0.2) is 38.9 Å². The second-order valence-corrected chi connectivity index (χ2v) is 4.59. The largest absolute Gasteiger partial charge is 0.771 e. The maximum absolute atomic E-state index is 11.5. The first-order valence-corrected chi connectivity index (χ1v) is 6.98. The Kier molecular flexibility index (Phi) is 4.59. The quantitative estimate of drug-likeness (QED) is 0.479. The molecule has 106 valence electrons. The number of ether oxygens (including phenoxy) is 1. The van der Waals surface area contributed by atoms with Crippen LogP contribution in [0, 0.1) is 0 Å². The van der Waals surface area contributed by atoms with E-state index in [1.165, 1.54) is 6.07 Å². The molecule has 1 aromatic heterocycles. The number of nitrogens with zero attached hydrogens (tertiary/aromatic N) is 2. The molecule has 0 saturated carbocycles. The lowest BCUT2D eigenvalue weighted by atomic mass is 10.2. The summed E-state index contributed by atoms with van der Waals surface area (Å²) in [6.45, 7) is 1.97. The highest BCUT2D eigenvalue weighted by atomic mass is 32.2. The van der Waals surface area contributed by atoms with E-state index in [0.717, 1.165) is 0 Å². The van der Waals surface area contributed by atoms with Gasteiger partial charge in [-0.1, -0.05) is 0 Å². The minimum absolute atomic E-state index is 0.108. The molecule has 0 fully saturated rings. The highest BCUT2D eigenvalue weighted by Crippen LogP contribution is 2.25. The van der Waals surface area contributed by atoms with Gasteiger partial charge in [0.25, 0.3) is 0 Å². The highest BCUT2D eigenvalue weighted by Gasteiger charge is 2.13. The summed E-state index contributed by atoms with van der Waals surface area (Å²) in [5.41, 5.74) is 0.985. The zero-order chi connectivity index (χ0) is 14.5. The van der Waals surface area contributed by atoms with Crippen LogP contribution >= 0.6 is 0 Å². The maximum Gasteiger partial charge on any atom is 0.374 e. The molecule has 0 amide bonds. The van der Waals surface area contributed by atoms with Crippen molar-refractivity contribution in [2.24, 2.45) is 10.2 Å². The fourth-order valence-electron chi connectivity index (χ4n) is 1.55. The minimum atomic E-state index is -2.26. The molecular formula is C12H11N2O5S-. The average Bonchev–Trinajstić information content (AvgIpc) is 2.81. The summed E-state index contributed by atoms with van der Waals surface area (Å²) >= 11 is -2.26. The monoisotopic (exact) mass is 295 g/mol. The number of carbonyl (C=O) groups is 1. The van der Waals surface area contributed by atoms with Crippen LogP contribution in [0.2, 0.25) is 0 Å². The molecule has 1 unspecified atom stereocenters. The Morgan fingerprint density at radius 2 is 2.25 bits per heavy atom. The summed E-state index contributed by atoms with van der Waals surface area (Å²) in [5, 5.41) is 7.93. The Morgan fingerprint density at radius 3 is 2.95 bits per heavy atom. The van der Waals surface area contributed by atoms with Gasteiger partial charge in [0.1, 0.15) is 11.5 Å². The van der Waals surface area contributed by atoms with Gasteiger partial charge < -0.3 is 13.7 Å². The molecular weight excluding hydrogens is 284 g/mol. The van der Waals surface area contributed by atoms with Gasteiger partial charge in [-0.25, -0.2) is 4.79 Å². The molecule has 20 heavy (non-hydrogen) atoms. The average molecular weight is 295 g/mol. The SMILES string of the molecule is CCOC(=O)c1cc2cc(N=NCS(=O)[O-])ccc2o1. The van der Waals surface area contributed by atoms with Crippen LogP contribution in [0.25, 0.3) is 11.0 Å². The molecule has 2 rings (SSSR count). The Morgan fingerprint density at radius 1 is 1.45 bits per heavy atom. The molecule has 1 aromatic carbocycles. The summed E-state index contributed by atoms with van der Waals surface area (Å²) in [5.74, 6) is -0.817. The molecule has 1 atom stereocenters. The van der Waals surface area contributed by atoms with Crippen molar-refractivity contribution in [1.82, 2.24) is 0 Å². The molecule has 0 radical (unpaired) electrons. The van der Waals surface area contributed by atoms with Crippen molar-refractivity contribution >= 4 is 33.7 Å². The summed E-state index contributed by atoms with van der Waals surface area (Å²) in [6.07, 6.45) is 0. The zero-order valence-electron chi connectivity index (χ0n) is 10.6. The first kappa shape index (κ1) is 14.4. The lowest BCUT2D eigenvalue weighted by molar-refractivity contribution is 0.0492. The molecule has 0 spiro atoms. The first-order valence-electron chi connectivity index (χ1n) is 5.74. The molecule has 0 aliphatic heterocycles. The van der Waals surface area contributed by atoms with E-state index in [4.69, 9.17) is 9.15 Å². The van der Waals surface area contributed by atoms with Crippen LogP contribution < -0.4 is 0 Å². The van der Waals surface area contributed by atoms with Gasteiger partial charge in [-0.05, 0) is 42.3 Å². The van der Waals surface area contributed by atoms with E-state index < -0.39 is 22.9 Å². The standard InChI is InChI=1S/C12H12N2O5S/c1-2-18-12(15)11-6-8-5-9(3-4-10(8)19-11)14-13-7-20(16)17/h3-6H,2,7H2,1H3,(H,16,17)/p-1. The number of hydrogen-bond acceptors (Lipinski definition) is 7. The highest BCUT2D eigenvalue weighted by molar-refractivity contribution is 7.79. The van der Waals surface area contributed by atoms with Gasteiger partial charge in [0.2, 0.25) is 5.76 Å². The van der Waals surface area contributed by atoms with E-state index in [1.54, 1.807) is 25.1 Å². The number of fused-ring (bicyclic) bond motifs is 1. The van der Waals surface area contributed by atoms with Crippen molar-refractivity contribution in [1.29, 1.82) is 0 Å². The predicted octanol–water partition coefficient (Wildman–Crippen LogP) is 2.53. The van der Waals surface area contributed by atoms with Crippen molar-refractivity contribution in [2.75, 3.05) is 12.5 Å². The number of esters is 1. The normalized spacial score (nSPS) is 12.9. The first-order chi connectivity index (χ1) is 9.60. The molecule has 0 saturated heterocycles. The maximum atomic E-state index is 11.5. The van der Waals surface area contributed by atoms with Gasteiger partial charge in [-0.15, -0.1) is 0 Å². The number of azo groups is 1. The zero-order valence-corrected chi connectivity index (χ0v) is 11.4. The summed E-state index contributed by atoms with van der Waals surface area (Å²) in [4.78, 5) is 11.5. The minimum Gasteiger partial charge on any atom is -0.771 e. The topological polar surface area (TPSA) is 104 Å². The third-order valence-electron chi connectivity index (χ3n) is 2.33. The summed E-state index contributed by atoms with van der Waals surface area (Å²) < 4.78 is 30.8. The van der Waals surface area contributed by atoms with Gasteiger partial charge in [-0.2, -0.15) is 10.2 Å². The molecule has 0 bridgehead atoms. The second kappa shape index (κ2) is 6.40. The van der Waals surface area contributed by atoms with Crippen LogP contribution in [0.1, 0.15) is 17.5 Å². The smallest absolute Gasteiger partial charge is 0.374 e.